The first-order valence-corrected chi connectivity index (χ1v) is 9.60. The molecule has 7 nitrogen and oxygen atoms in total. The average Bonchev–Trinajstić information content (AvgIpc) is 2.95. The molecule has 0 saturated heterocycles. The standard InChI is InChI=1S/C17H23ClN4O3S/c1-5-6-7-22-16(24)20-21-17(22)26-11(3)15(23)19-13-8-10(2)12(18)9-14(13)25-4/h8-9,11H,5-7H2,1-4H3,(H,19,23)(H,20,24). The summed E-state index contributed by atoms with van der Waals surface area (Å²) in [7, 11) is 1.52. The maximum atomic E-state index is 12.6. The Bertz CT molecular complexity index is 834. The molecule has 1 atom stereocenters. The van der Waals surface area contributed by atoms with Crippen LogP contribution in [0.4, 0.5) is 5.69 Å². The summed E-state index contributed by atoms with van der Waals surface area (Å²) in [5.41, 5.74) is 1.13. The molecule has 142 valence electrons. The third kappa shape index (κ3) is 4.82. The van der Waals surface area contributed by atoms with Crippen LogP contribution < -0.4 is 15.7 Å². The Kier molecular flexibility index (Phi) is 7.16. The van der Waals surface area contributed by atoms with E-state index in [1.807, 2.05) is 6.92 Å². The number of unbranched alkanes of at least 4 members (excludes halogenated alkanes) is 1. The highest BCUT2D eigenvalue weighted by Crippen LogP contribution is 2.31. The Morgan fingerprint density at radius 3 is 2.88 bits per heavy atom. The van der Waals surface area contributed by atoms with Crippen LogP contribution in [0.25, 0.3) is 0 Å². The highest BCUT2D eigenvalue weighted by molar-refractivity contribution is 8.00. The number of thioether (sulfide) groups is 1. The number of halogens is 1. The van der Waals surface area contributed by atoms with E-state index in [1.165, 1.54) is 18.9 Å². The molecule has 1 amide bonds. The van der Waals surface area contributed by atoms with Gasteiger partial charge in [0.2, 0.25) is 5.91 Å². The highest BCUT2D eigenvalue weighted by Gasteiger charge is 2.20. The zero-order valence-electron chi connectivity index (χ0n) is 15.3. The third-order valence-electron chi connectivity index (χ3n) is 3.85. The third-order valence-corrected chi connectivity index (χ3v) is 5.35. The number of hydrogen-bond donors (Lipinski definition) is 2. The van der Waals surface area contributed by atoms with Gasteiger partial charge < -0.3 is 10.1 Å². The van der Waals surface area contributed by atoms with Crippen LogP contribution >= 0.6 is 23.4 Å². The van der Waals surface area contributed by atoms with Gasteiger partial charge in [-0.1, -0.05) is 36.7 Å². The molecule has 0 saturated carbocycles. The Labute approximate surface area is 161 Å². The number of H-pyrrole nitrogens is 1. The van der Waals surface area contributed by atoms with Crippen molar-refractivity contribution < 1.29 is 9.53 Å². The summed E-state index contributed by atoms with van der Waals surface area (Å²) in [6.45, 7) is 6.24. The van der Waals surface area contributed by atoms with E-state index in [2.05, 4.69) is 22.4 Å². The molecule has 0 radical (unpaired) electrons. The number of nitrogens with one attached hydrogen (secondary N) is 2. The van der Waals surface area contributed by atoms with Crippen LogP contribution in [0, 0.1) is 6.92 Å². The van der Waals surface area contributed by atoms with E-state index in [0.29, 0.717) is 28.2 Å². The zero-order valence-corrected chi connectivity index (χ0v) is 16.8. The number of ether oxygens (including phenoxy) is 1. The number of carbonyl (C=O) groups is 1. The van der Waals surface area contributed by atoms with E-state index in [-0.39, 0.29) is 11.6 Å². The van der Waals surface area contributed by atoms with Crippen molar-refractivity contribution in [1.29, 1.82) is 0 Å². The van der Waals surface area contributed by atoms with Crippen molar-refractivity contribution >= 4 is 35.0 Å². The van der Waals surface area contributed by atoms with Crippen LogP contribution in [0.3, 0.4) is 0 Å². The Balaban J connectivity index is 2.12. The van der Waals surface area contributed by atoms with Crippen LogP contribution in [0.1, 0.15) is 32.3 Å². The Hall–Kier alpha value is -1.93. The molecule has 0 bridgehead atoms. The first-order valence-electron chi connectivity index (χ1n) is 8.34. The molecule has 1 aromatic heterocycles. The molecule has 0 aliphatic rings. The molecule has 26 heavy (non-hydrogen) atoms. The Morgan fingerprint density at radius 2 is 2.23 bits per heavy atom. The van der Waals surface area contributed by atoms with Gasteiger partial charge >= 0.3 is 5.69 Å². The molecule has 1 heterocycles. The highest BCUT2D eigenvalue weighted by atomic mass is 35.5. The van der Waals surface area contributed by atoms with Gasteiger partial charge in [0.25, 0.3) is 0 Å². The fourth-order valence-electron chi connectivity index (χ4n) is 2.28. The molecular weight excluding hydrogens is 376 g/mol. The van der Waals surface area contributed by atoms with Gasteiger partial charge in [0.1, 0.15) is 5.75 Å². The minimum absolute atomic E-state index is 0.215. The number of benzene rings is 1. The fourth-order valence-corrected chi connectivity index (χ4v) is 3.32. The van der Waals surface area contributed by atoms with Gasteiger partial charge in [-0.15, -0.1) is 5.10 Å². The van der Waals surface area contributed by atoms with Gasteiger partial charge in [0, 0.05) is 17.6 Å². The molecule has 2 N–H and O–H groups in total. The van der Waals surface area contributed by atoms with Crippen LogP contribution in [0.15, 0.2) is 22.1 Å². The van der Waals surface area contributed by atoms with Crippen LogP contribution in [-0.2, 0) is 11.3 Å². The van der Waals surface area contributed by atoms with Crippen molar-refractivity contribution in [1.82, 2.24) is 14.8 Å². The van der Waals surface area contributed by atoms with E-state index in [0.717, 1.165) is 18.4 Å². The second-order valence-electron chi connectivity index (χ2n) is 5.87. The van der Waals surface area contributed by atoms with Crippen molar-refractivity contribution in [2.24, 2.45) is 0 Å². The summed E-state index contributed by atoms with van der Waals surface area (Å²) in [6, 6.07) is 3.43. The van der Waals surface area contributed by atoms with Gasteiger partial charge in [-0.2, -0.15) is 0 Å². The summed E-state index contributed by atoms with van der Waals surface area (Å²) >= 11 is 7.32. The summed E-state index contributed by atoms with van der Waals surface area (Å²) < 4.78 is 6.84. The monoisotopic (exact) mass is 398 g/mol. The largest absolute Gasteiger partial charge is 0.495 e. The lowest BCUT2D eigenvalue weighted by Crippen LogP contribution is -2.24. The number of aromatic nitrogens is 3. The van der Waals surface area contributed by atoms with Gasteiger partial charge in [-0.25, -0.2) is 9.89 Å². The summed E-state index contributed by atoms with van der Waals surface area (Å²) in [6.07, 6.45) is 1.84. The van der Waals surface area contributed by atoms with Gasteiger partial charge in [0.15, 0.2) is 5.16 Å². The zero-order chi connectivity index (χ0) is 19.3. The van der Waals surface area contributed by atoms with Gasteiger partial charge in [-0.05, 0) is 31.9 Å². The quantitative estimate of drug-likeness (QED) is 0.664. The predicted octanol–water partition coefficient (Wildman–Crippen LogP) is 3.46. The number of carbonyl (C=O) groups excluding carboxylic acids is 1. The molecule has 0 aliphatic carbocycles. The molecule has 2 rings (SSSR count). The lowest BCUT2D eigenvalue weighted by atomic mass is 10.2. The number of hydrogen-bond acceptors (Lipinski definition) is 5. The molecule has 0 fully saturated rings. The van der Waals surface area contributed by atoms with Crippen molar-refractivity contribution in [2.75, 3.05) is 12.4 Å². The average molecular weight is 399 g/mol. The molecule has 9 heteroatoms. The number of anilines is 1. The number of amides is 1. The number of aromatic amines is 1. The first kappa shape index (κ1) is 20.4. The Morgan fingerprint density at radius 1 is 1.50 bits per heavy atom. The SMILES string of the molecule is CCCCn1c(SC(C)C(=O)Nc2cc(C)c(Cl)cc2OC)n[nH]c1=O. The van der Waals surface area contributed by atoms with Crippen LogP contribution in [0.2, 0.25) is 5.02 Å². The fraction of sp³-hybridized carbons (Fsp3) is 0.471. The van der Waals surface area contributed by atoms with E-state index < -0.39 is 5.25 Å². The minimum Gasteiger partial charge on any atom is -0.495 e. The van der Waals surface area contributed by atoms with Crippen LogP contribution in [0.5, 0.6) is 5.75 Å². The predicted molar refractivity (Wildman–Crippen MR) is 104 cm³/mol. The number of methoxy groups -OCH3 is 1. The molecular formula is C17H23ClN4O3S. The summed E-state index contributed by atoms with van der Waals surface area (Å²) in [4.78, 5) is 24.4. The number of nitrogens with zero attached hydrogens (tertiary/aromatic N) is 2. The normalized spacial score (nSPS) is 12.0. The van der Waals surface area contributed by atoms with Gasteiger partial charge in [0.05, 0.1) is 18.0 Å². The molecule has 1 unspecified atom stereocenters. The summed E-state index contributed by atoms with van der Waals surface area (Å²) in [5.74, 6) is 0.276. The van der Waals surface area contributed by atoms with Crippen LogP contribution in [-0.4, -0.2) is 33.0 Å². The van der Waals surface area contributed by atoms with Crippen molar-refractivity contribution in [2.45, 2.75) is 50.6 Å². The lowest BCUT2D eigenvalue weighted by molar-refractivity contribution is -0.115. The topological polar surface area (TPSA) is 89.0 Å². The van der Waals surface area contributed by atoms with E-state index in [1.54, 1.807) is 23.6 Å². The van der Waals surface area contributed by atoms with Crippen molar-refractivity contribution in [3.05, 3.63) is 33.2 Å². The van der Waals surface area contributed by atoms with Crippen molar-refractivity contribution in [3.8, 4) is 5.75 Å². The second-order valence-corrected chi connectivity index (χ2v) is 7.58. The minimum atomic E-state index is -0.453. The first-order chi connectivity index (χ1) is 12.4. The van der Waals surface area contributed by atoms with Crippen molar-refractivity contribution in [3.63, 3.8) is 0 Å². The summed E-state index contributed by atoms with van der Waals surface area (Å²) in [5, 5.41) is 9.94. The van der Waals surface area contributed by atoms with E-state index in [4.69, 9.17) is 16.3 Å². The second kappa shape index (κ2) is 9.14. The maximum absolute atomic E-state index is 12.6. The number of aryl methyl sites for hydroxylation is 1. The van der Waals surface area contributed by atoms with E-state index >= 15 is 0 Å². The molecule has 2 aromatic rings. The van der Waals surface area contributed by atoms with E-state index in [9.17, 15) is 9.59 Å². The number of rotatable bonds is 8. The smallest absolute Gasteiger partial charge is 0.343 e. The maximum Gasteiger partial charge on any atom is 0.343 e. The molecule has 0 spiro atoms. The molecule has 1 aromatic carbocycles. The molecule has 0 aliphatic heterocycles. The lowest BCUT2D eigenvalue weighted by Gasteiger charge is -2.15. The van der Waals surface area contributed by atoms with Gasteiger partial charge in [-0.3, -0.25) is 9.36 Å².